The van der Waals surface area contributed by atoms with Gasteiger partial charge >= 0.3 is 5.97 Å². The maximum Gasteiger partial charge on any atom is 0.329 e. The van der Waals surface area contributed by atoms with E-state index in [2.05, 4.69) is 15.3 Å². The fraction of sp³-hybridized carbons (Fsp3) is 0.364. The zero-order chi connectivity index (χ0) is 11.9. The minimum absolute atomic E-state index is 0.623. The Morgan fingerprint density at radius 2 is 2.29 bits per heavy atom. The van der Waals surface area contributed by atoms with Gasteiger partial charge in [0.1, 0.15) is 22.5 Å². The number of carboxylic acids is 1. The molecule has 0 atom stereocenters. The van der Waals surface area contributed by atoms with Crippen LogP contribution in [0.3, 0.4) is 0 Å². The van der Waals surface area contributed by atoms with Gasteiger partial charge in [0.15, 0.2) is 0 Å². The largest absolute Gasteiger partial charge is 0.480 e. The first-order valence-corrected chi connectivity index (χ1v) is 6.29. The van der Waals surface area contributed by atoms with Crippen molar-refractivity contribution < 1.29 is 9.90 Å². The number of nitrogens with zero attached hydrogens (tertiary/aromatic N) is 2. The smallest absolute Gasteiger partial charge is 0.329 e. The fourth-order valence-electron chi connectivity index (χ4n) is 2.04. The molecular weight excluding hydrogens is 238 g/mol. The van der Waals surface area contributed by atoms with Gasteiger partial charge in [-0.05, 0) is 30.7 Å². The summed E-state index contributed by atoms with van der Waals surface area (Å²) in [6, 6.07) is 1.91. The Bertz CT molecular complexity index is 577. The van der Waals surface area contributed by atoms with Crippen molar-refractivity contribution in [1.82, 2.24) is 9.97 Å². The number of aliphatic carboxylic acids is 1. The third-order valence-corrected chi connectivity index (χ3v) is 4.06. The Balaban J connectivity index is 1.99. The second-order valence-corrected chi connectivity index (χ2v) is 5.12. The van der Waals surface area contributed by atoms with E-state index in [1.165, 1.54) is 17.7 Å². The average molecular weight is 249 g/mol. The average Bonchev–Trinajstić information content (AvgIpc) is 2.71. The molecule has 0 bridgehead atoms. The molecule has 2 N–H and O–H groups in total. The van der Waals surface area contributed by atoms with E-state index in [0.717, 1.165) is 16.6 Å². The van der Waals surface area contributed by atoms with Crippen molar-refractivity contribution in [3.05, 3.63) is 17.8 Å². The highest BCUT2D eigenvalue weighted by molar-refractivity contribution is 7.16. The van der Waals surface area contributed by atoms with Gasteiger partial charge < -0.3 is 10.4 Å². The van der Waals surface area contributed by atoms with Crippen LogP contribution in [0, 0.1) is 0 Å². The number of thiophene rings is 1. The maximum atomic E-state index is 11.3. The third-order valence-electron chi connectivity index (χ3n) is 3.24. The summed E-state index contributed by atoms with van der Waals surface area (Å²) in [5.41, 5.74) is -0.830. The minimum Gasteiger partial charge on any atom is -0.480 e. The summed E-state index contributed by atoms with van der Waals surface area (Å²) < 4.78 is 0. The highest BCUT2D eigenvalue weighted by Crippen LogP contribution is 2.37. The number of carboxylic acid groups (broad SMARTS) is 1. The number of fused-ring (bicyclic) bond motifs is 1. The van der Waals surface area contributed by atoms with E-state index in [9.17, 15) is 9.90 Å². The molecule has 5 nitrogen and oxygen atoms in total. The number of carbonyl (C=O) groups is 1. The molecule has 2 aromatic heterocycles. The van der Waals surface area contributed by atoms with Crippen LogP contribution in [-0.4, -0.2) is 26.6 Å². The van der Waals surface area contributed by atoms with Crippen LogP contribution in [0.1, 0.15) is 19.3 Å². The van der Waals surface area contributed by atoms with E-state index in [4.69, 9.17) is 0 Å². The summed E-state index contributed by atoms with van der Waals surface area (Å²) in [4.78, 5) is 20.4. The van der Waals surface area contributed by atoms with E-state index in [-0.39, 0.29) is 0 Å². The first kappa shape index (κ1) is 10.5. The molecule has 88 valence electrons. The lowest BCUT2D eigenvalue weighted by atomic mass is 9.77. The molecule has 1 saturated carbocycles. The van der Waals surface area contributed by atoms with Gasteiger partial charge in [-0.3, -0.25) is 0 Å². The topological polar surface area (TPSA) is 75.1 Å². The molecule has 17 heavy (non-hydrogen) atoms. The Hall–Kier alpha value is -1.69. The Morgan fingerprint density at radius 1 is 1.47 bits per heavy atom. The van der Waals surface area contributed by atoms with Gasteiger partial charge in [0.25, 0.3) is 0 Å². The van der Waals surface area contributed by atoms with Crippen LogP contribution in [-0.2, 0) is 4.79 Å². The molecule has 0 saturated heterocycles. The second kappa shape index (κ2) is 3.66. The molecule has 3 rings (SSSR count). The number of hydrogen-bond donors (Lipinski definition) is 2. The van der Waals surface area contributed by atoms with Crippen LogP contribution in [0.4, 0.5) is 5.82 Å². The monoisotopic (exact) mass is 249 g/mol. The summed E-state index contributed by atoms with van der Waals surface area (Å²) >= 11 is 1.52. The molecule has 1 aliphatic carbocycles. The van der Waals surface area contributed by atoms with Gasteiger partial charge in [0.2, 0.25) is 0 Å². The van der Waals surface area contributed by atoms with E-state index in [1.807, 2.05) is 11.4 Å². The zero-order valence-electron chi connectivity index (χ0n) is 9.01. The maximum absolute atomic E-state index is 11.3. The normalized spacial score (nSPS) is 17.6. The summed E-state index contributed by atoms with van der Waals surface area (Å²) in [6.45, 7) is 0. The number of anilines is 1. The van der Waals surface area contributed by atoms with Crippen LogP contribution < -0.4 is 5.32 Å². The number of nitrogens with one attached hydrogen (secondary N) is 1. The van der Waals surface area contributed by atoms with Crippen molar-refractivity contribution in [3.63, 3.8) is 0 Å². The lowest BCUT2D eigenvalue weighted by Gasteiger charge is -2.38. The van der Waals surface area contributed by atoms with E-state index in [1.54, 1.807) is 0 Å². The van der Waals surface area contributed by atoms with Gasteiger partial charge in [-0.25, -0.2) is 14.8 Å². The third kappa shape index (κ3) is 1.56. The van der Waals surface area contributed by atoms with E-state index < -0.39 is 11.5 Å². The summed E-state index contributed by atoms with van der Waals surface area (Å²) in [6.07, 6.45) is 3.71. The Kier molecular flexibility index (Phi) is 2.25. The van der Waals surface area contributed by atoms with Crippen molar-refractivity contribution in [2.75, 3.05) is 5.32 Å². The van der Waals surface area contributed by atoms with Gasteiger partial charge in [-0.15, -0.1) is 11.3 Å². The summed E-state index contributed by atoms with van der Waals surface area (Å²) in [7, 11) is 0. The molecule has 0 spiro atoms. The molecule has 2 aromatic rings. The quantitative estimate of drug-likeness (QED) is 0.871. The molecule has 1 aliphatic rings. The van der Waals surface area contributed by atoms with Crippen LogP contribution >= 0.6 is 11.3 Å². The lowest BCUT2D eigenvalue weighted by molar-refractivity contribution is -0.145. The first-order valence-electron chi connectivity index (χ1n) is 5.41. The highest BCUT2D eigenvalue weighted by Gasteiger charge is 2.45. The second-order valence-electron chi connectivity index (χ2n) is 4.23. The highest BCUT2D eigenvalue weighted by atomic mass is 32.1. The van der Waals surface area contributed by atoms with Gasteiger partial charge in [0, 0.05) is 0 Å². The lowest BCUT2D eigenvalue weighted by Crippen LogP contribution is -2.52. The molecule has 1 fully saturated rings. The fourth-order valence-corrected chi connectivity index (χ4v) is 2.77. The van der Waals surface area contributed by atoms with Crippen LogP contribution in [0.25, 0.3) is 10.2 Å². The van der Waals surface area contributed by atoms with Crippen molar-refractivity contribution in [1.29, 1.82) is 0 Å². The van der Waals surface area contributed by atoms with Crippen LogP contribution in [0.15, 0.2) is 17.8 Å². The SMILES string of the molecule is O=C(O)C1(Nc2ncnc3sccc23)CCC1. The number of aromatic nitrogens is 2. The summed E-state index contributed by atoms with van der Waals surface area (Å²) in [5, 5.41) is 15.2. The van der Waals surface area contributed by atoms with Crippen molar-refractivity contribution >= 4 is 33.3 Å². The summed E-state index contributed by atoms with van der Waals surface area (Å²) in [5.74, 6) is -0.177. The number of hydrogen-bond acceptors (Lipinski definition) is 5. The first-order chi connectivity index (χ1) is 8.21. The van der Waals surface area contributed by atoms with Crippen molar-refractivity contribution in [2.24, 2.45) is 0 Å². The predicted octanol–water partition coefficient (Wildman–Crippen LogP) is 2.11. The van der Waals surface area contributed by atoms with E-state index in [0.29, 0.717) is 18.7 Å². The zero-order valence-corrected chi connectivity index (χ0v) is 9.83. The number of rotatable bonds is 3. The van der Waals surface area contributed by atoms with Gasteiger partial charge in [-0.1, -0.05) is 0 Å². The van der Waals surface area contributed by atoms with Crippen molar-refractivity contribution in [2.45, 2.75) is 24.8 Å². The molecule has 0 unspecified atom stereocenters. The van der Waals surface area contributed by atoms with Crippen LogP contribution in [0.2, 0.25) is 0 Å². The standard InChI is InChI=1S/C11H11N3O2S/c15-10(16)11(3-1-4-11)14-8-7-2-5-17-9(7)13-6-12-8/h2,5-6H,1,3-4H2,(H,15,16)(H,12,13,14). The predicted molar refractivity (Wildman–Crippen MR) is 65.3 cm³/mol. The molecule has 0 radical (unpaired) electrons. The van der Waals surface area contributed by atoms with Gasteiger partial charge in [0.05, 0.1) is 5.39 Å². The van der Waals surface area contributed by atoms with E-state index >= 15 is 0 Å². The molecule has 0 aromatic carbocycles. The Labute approximate surface area is 102 Å². The molecule has 0 aliphatic heterocycles. The Morgan fingerprint density at radius 3 is 2.94 bits per heavy atom. The van der Waals surface area contributed by atoms with Crippen LogP contribution in [0.5, 0.6) is 0 Å². The van der Waals surface area contributed by atoms with Gasteiger partial charge in [-0.2, -0.15) is 0 Å². The minimum atomic E-state index is -0.830. The molecule has 2 heterocycles. The van der Waals surface area contributed by atoms with Crippen molar-refractivity contribution in [3.8, 4) is 0 Å². The molecule has 0 amide bonds. The molecule has 6 heteroatoms. The molecular formula is C11H11N3O2S.